The lowest BCUT2D eigenvalue weighted by Crippen LogP contribution is -2.54. The molecule has 4 aromatic rings. The maximum Gasteiger partial charge on any atom is 0.335 e. The van der Waals surface area contributed by atoms with Crippen molar-refractivity contribution in [2.24, 2.45) is 0 Å². The van der Waals surface area contributed by atoms with Crippen LogP contribution < -0.4 is 24.4 Å². The summed E-state index contributed by atoms with van der Waals surface area (Å²) in [6.07, 6.45) is 1.45. The van der Waals surface area contributed by atoms with Gasteiger partial charge in [0.1, 0.15) is 24.5 Å². The van der Waals surface area contributed by atoms with Crippen molar-refractivity contribution in [1.29, 1.82) is 0 Å². The molecule has 1 saturated heterocycles. The first-order chi connectivity index (χ1) is 20.8. The first-order valence-corrected chi connectivity index (χ1v) is 14.7. The molecule has 0 atom stereocenters. The number of imide groups is 2. The number of ether oxygens (including phenoxy) is 3. The van der Waals surface area contributed by atoms with E-state index in [-0.39, 0.29) is 5.57 Å². The Hall–Kier alpha value is -4.64. The standard InChI is InChI=1S/C34H29IN2O6/c1-3-41-30-19-25(18-29(35)31(30)43-21-23-7-5-4-6-8-23)17-28-32(38)36-34(40)37(33(28)39)26-13-15-27(16-14-26)42-20-24-11-9-22(2)10-12-24/h4-19H,3,20-21H2,1-2H3,(H,36,38,40)/b28-17+. The fourth-order valence-corrected chi connectivity index (χ4v) is 5.19. The number of halogens is 1. The average molecular weight is 689 g/mol. The Morgan fingerprint density at radius 2 is 1.49 bits per heavy atom. The highest BCUT2D eigenvalue weighted by molar-refractivity contribution is 14.1. The fraction of sp³-hybridized carbons (Fsp3) is 0.147. The molecule has 4 aromatic carbocycles. The second kappa shape index (κ2) is 13.6. The Labute approximate surface area is 263 Å². The summed E-state index contributed by atoms with van der Waals surface area (Å²) in [7, 11) is 0. The van der Waals surface area contributed by atoms with E-state index in [1.807, 2.05) is 68.4 Å². The summed E-state index contributed by atoms with van der Waals surface area (Å²) in [6, 6.07) is 27.0. The Bertz CT molecular complexity index is 1670. The zero-order valence-electron chi connectivity index (χ0n) is 23.6. The van der Waals surface area contributed by atoms with Crippen molar-refractivity contribution in [3.63, 3.8) is 0 Å². The van der Waals surface area contributed by atoms with Crippen LogP contribution in [0.3, 0.4) is 0 Å². The zero-order chi connectivity index (χ0) is 30.3. The van der Waals surface area contributed by atoms with E-state index in [1.54, 1.807) is 36.4 Å². The summed E-state index contributed by atoms with van der Waals surface area (Å²) < 4.78 is 18.5. The van der Waals surface area contributed by atoms with E-state index in [2.05, 4.69) is 27.9 Å². The minimum atomic E-state index is -0.824. The molecule has 5 rings (SSSR count). The molecule has 4 amide bonds. The van der Waals surface area contributed by atoms with Gasteiger partial charge in [0.15, 0.2) is 11.5 Å². The number of carbonyl (C=O) groups is 3. The molecular formula is C34H29IN2O6. The van der Waals surface area contributed by atoms with Crippen molar-refractivity contribution in [3.05, 3.63) is 122 Å². The first kappa shape index (κ1) is 29.8. The van der Waals surface area contributed by atoms with E-state index >= 15 is 0 Å². The van der Waals surface area contributed by atoms with Crippen LogP contribution in [-0.2, 0) is 22.8 Å². The zero-order valence-corrected chi connectivity index (χ0v) is 25.8. The Kier molecular flexibility index (Phi) is 9.41. The maximum atomic E-state index is 13.5. The number of barbiturate groups is 1. The van der Waals surface area contributed by atoms with E-state index in [1.165, 1.54) is 11.6 Å². The number of carbonyl (C=O) groups excluding carboxylic acids is 3. The summed E-state index contributed by atoms with van der Waals surface area (Å²) >= 11 is 2.13. The van der Waals surface area contributed by atoms with Crippen LogP contribution in [0.5, 0.6) is 17.2 Å². The molecule has 0 spiro atoms. The lowest BCUT2D eigenvalue weighted by molar-refractivity contribution is -0.122. The summed E-state index contributed by atoms with van der Waals surface area (Å²) in [5, 5.41) is 2.27. The monoisotopic (exact) mass is 688 g/mol. The number of nitrogens with one attached hydrogen (secondary N) is 1. The van der Waals surface area contributed by atoms with Gasteiger partial charge in [0, 0.05) is 0 Å². The predicted octanol–water partition coefficient (Wildman–Crippen LogP) is 6.82. The molecule has 1 N–H and O–H groups in total. The van der Waals surface area contributed by atoms with Gasteiger partial charge in [0.2, 0.25) is 0 Å². The van der Waals surface area contributed by atoms with Gasteiger partial charge in [-0.25, -0.2) is 9.69 Å². The van der Waals surface area contributed by atoms with Crippen LogP contribution >= 0.6 is 22.6 Å². The van der Waals surface area contributed by atoms with Crippen LogP contribution in [0.1, 0.15) is 29.2 Å². The van der Waals surface area contributed by atoms with Crippen LogP contribution in [-0.4, -0.2) is 24.5 Å². The molecule has 0 radical (unpaired) electrons. The van der Waals surface area contributed by atoms with Crippen LogP contribution in [0.4, 0.5) is 10.5 Å². The number of urea groups is 1. The minimum absolute atomic E-state index is 0.185. The highest BCUT2D eigenvalue weighted by Crippen LogP contribution is 2.36. The van der Waals surface area contributed by atoms with E-state index in [0.717, 1.165) is 19.6 Å². The van der Waals surface area contributed by atoms with Crippen molar-refractivity contribution >= 4 is 52.2 Å². The molecule has 0 saturated carbocycles. The maximum absolute atomic E-state index is 13.5. The SMILES string of the molecule is CCOc1cc(/C=C2\C(=O)NC(=O)N(c3ccc(OCc4ccc(C)cc4)cc3)C2=O)cc(I)c1OCc1ccccc1. The number of hydrogen-bond donors (Lipinski definition) is 1. The fourth-order valence-electron chi connectivity index (χ4n) is 4.41. The summed E-state index contributed by atoms with van der Waals surface area (Å²) in [5.74, 6) is 0.110. The molecule has 1 aliphatic rings. The molecule has 0 aliphatic carbocycles. The first-order valence-electron chi connectivity index (χ1n) is 13.7. The second-order valence-electron chi connectivity index (χ2n) is 9.76. The van der Waals surface area contributed by atoms with Gasteiger partial charge in [-0.05, 0) is 95.6 Å². The van der Waals surface area contributed by atoms with Gasteiger partial charge in [-0.15, -0.1) is 0 Å². The lowest BCUT2D eigenvalue weighted by atomic mass is 10.1. The third-order valence-corrected chi connectivity index (χ3v) is 7.39. The number of anilines is 1. The molecule has 1 fully saturated rings. The topological polar surface area (TPSA) is 94.2 Å². The molecule has 0 unspecified atom stereocenters. The number of rotatable bonds is 10. The number of nitrogens with zero attached hydrogens (tertiary/aromatic N) is 1. The third kappa shape index (κ3) is 7.23. The third-order valence-electron chi connectivity index (χ3n) is 6.59. The molecular weight excluding hydrogens is 659 g/mol. The van der Waals surface area contributed by atoms with Gasteiger partial charge in [-0.3, -0.25) is 14.9 Å². The Morgan fingerprint density at radius 1 is 0.814 bits per heavy atom. The normalized spacial score (nSPS) is 14.1. The minimum Gasteiger partial charge on any atom is -0.490 e. The molecule has 9 heteroatoms. The molecule has 8 nitrogen and oxygen atoms in total. The van der Waals surface area contributed by atoms with Crippen molar-refractivity contribution < 1.29 is 28.6 Å². The molecule has 218 valence electrons. The van der Waals surface area contributed by atoms with Gasteiger partial charge in [0.05, 0.1) is 15.9 Å². The highest BCUT2D eigenvalue weighted by Gasteiger charge is 2.37. The van der Waals surface area contributed by atoms with Crippen molar-refractivity contribution in [2.45, 2.75) is 27.1 Å². The number of hydrogen-bond acceptors (Lipinski definition) is 6. The van der Waals surface area contributed by atoms with E-state index < -0.39 is 17.8 Å². The second-order valence-corrected chi connectivity index (χ2v) is 10.9. The molecule has 1 aliphatic heterocycles. The summed E-state index contributed by atoms with van der Waals surface area (Å²) in [5.41, 5.74) is 3.86. The number of aryl methyl sites for hydroxylation is 1. The molecule has 1 heterocycles. The van der Waals surface area contributed by atoms with Crippen molar-refractivity contribution in [2.75, 3.05) is 11.5 Å². The molecule has 0 bridgehead atoms. The highest BCUT2D eigenvalue weighted by atomic mass is 127. The van der Waals surface area contributed by atoms with Crippen LogP contribution in [0.15, 0.2) is 96.6 Å². The average Bonchev–Trinajstić information content (AvgIpc) is 3.00. The van der Waals surface area contributed by atoms with Crippen LogP contribution in [0, 0.1) is 10.5 Å². The van der Waals surface area contributed by atoms with E-state index in [9.17, 15) is 14.4 Å². The van der Waals surface area contributed by atoms with Gasteiger partial charge in [0.25, 0.3) is 11.8 Å². The smallest absolute Gasteiger partial charge is 0.335 e. The Balaban J connectivity index is 1.35. The van der Waals surface area contributed by atoms with Crippen LogP contribution in [0.25, 0.3) is 6.08 Å². The molecule has 43 heavy (non-hydrogen) atoms. The van der Waals surface area contributed by atoms with Crippen LogP contribution in [0.2, 0.25) is 0 Å². The Morgan fingerprint density at radius 3 is 2.19 bits per heavy atom. The van der Waals surface area contributed by atoms with Gasteiger partial charge in [-0.2, -0.15) is 0 Å². The van der Waals surface area contributed by atoms with E-state index in [0.29, 0.717) is 48.3 Å². The lowest BCUT2D eigenvalue weighted by Gasteiger charge is -2.26. The number of amides is 4. The van der Waals surface area contributed by atoms with Crippen molar-refractivity contribution in [3.8, 4) is 17.2 Å². The van der Waals surface area contributed by atoms with Crippen molar-refractivity contribution in [1.82, 2.24) is 5.32 Å². The largest absolute Gasteiger partial charge is 0.490 e. The van der Waals surface area contributed by atoms with Gasteiger partial charge in [-0.1, -0.05) is 60.2 Å². The van der Waals surface area contributed by atoms with Gasteiger partial charge < -0.3 is 14.2 Å². The number of benzene rings is 4. The van der Waals surface area contributed by atoms with Gasteiger partial charge >= 0.3 is 6.03 Å². The quantitative estimate of drug-likeness (QED) is 0.112. The summed E-state index contributed by atoms with van der Waals surface area (Å²) in [6.45, 7) is 5.00. The predicted molar refractivity (Wildman–Crippen MR) is 172 cm³/mol. The van der Waals surface area contributed by atoms with E-state index in [4.69, 9.17) is 14.2 Å². The molecule has 0 aromatic heterocycles. The summed E-state index contributed by atoms with van der Waals surface area (Å²) in [4.78, 5) is 39.9.